The highest BCUT2D eigenvalue weighted by molar-refractivity contribution is 5.97. The lowest BCUT2D eigenvalue weighted by Crippen LogP contribution is -2.38. The molecule has 0 bridgehead atoms. The number of aromatic nitrogens is 4. The summed E-state index contributed by atoms with van der Waals surface area (Å²) in [6, 6.07) is 11.7. The molecule has 3 aromatic heterocycles. The van der Waals surface area contributed by atoms with Crippen molar-refractivity contribution in [3.05, 3.63) is 66.4 Å². The van der Waals surface area contributed by atoms with Crippen molar-refractivity contribution in [2.45, 2.75) is 18.8 Å². The third-order valence-corrected chi connectivity index (χ3v) is 5.43. The Morgan fingerprint density at radius 2 is 1.86 bits per heavy atom. The van der Waals surface area contributed by atoms with Crippen molar-refractivity contribution in [3.8, 4) is 5.82 Å². The largest absolute Gasteiger partial charge is 0.440 e. The van der Waals surface area contributed by atoms with Crippen molar-refractivity contribution < 1.29 is 9.21 Å². The number of likely N-dealkylation sites (tertiary alicyclic amines) is 1. The zero-order valence-electron chi connectivity index (χ0n) is 15.7. The first-order valence-electron chi connectivity index (χ1n) is 9.51. The van der Waals surface area contributed by atoms with Crippen LogP contribution in [0.3, 0.4) is 0 Å². The van der Waals surface area contributed by atoms with Crippen LogP contribution in [0.15, 0.2) is 59.4 Å². The van der Waals surface area contributed by atoms with Gasteiger partial charge in [0.05, 0.1) is 6.20 Å². The van der Waals surface area contributed by atoms with Crippen LogP contribution >= 0.6 is 0 Å². The van der Waals surface area contributed by atoms with E-state index in [0.29, 0.717) is 18.7 Å². The van der Waals surface area contributed by atoms with Crippen LogP contribution in [0.5, 0.6) is 0 Å². The lowest BCUT2D eigenvalue weighted by atomic mass is 9.96. The summed E-state index contributed by atoms with van der Waals surface area (Å²) >= 11 is 0. The molecule has 5 rings (SSSR count). The van der Waals surface area contributed by atoms with Crippen molar-refractivity contribution in [1.29, 1.82) is 0 Å². The van der Waals surface area contributed by atoms with Gasteiger partial charge in [0.2, 0.25) is 0 Å². The van der Waals surface area contributed by atoms with E-state index in [-0.39, 0.29) is 11.8 Å². The summed E-state index contributed by atoms with van der Waals surface area (Å²) in [4.78, 5) is 19.7. The van der Waals surface area contributed by atoms with Gasteiger partial charge in [0.15, 0.2) is 11.5 Å². The molecule has 4 aromatic rings. The second-order valence-electron chi connectivity index (χ2n) is 7.18. The van der Waals surface area contributed by atoms with E-state index < -0.39 is 0 Å². The van der Waals surface area contributed by atoms with E-state index in [1.807, 2.05) is 65.3 Å². The number of amides is 1. The second-order valence-corrected chi connectivity index (χ2v) is 7.18. The van der Waals surface area contributed by atoms with Gasteiger partial charge in [0.25, 0.3) is 5.91 Å². The second kappa shape index (κ2) is 6.67. The number of hydrogen-bond donors (Lipinski definition) is 0. The van der Waals surface area contributed by atoms with Crippen molar-refractivity contribution in [2.24, 2.45) is 7.05 Å². The SMILES string of the molecule is Cn1ncc(C(=O)N2CCC(c3nc4ccccc4o3)CC2)c1-n1cccc1. The lowest BCUT2D eigenvalue weighted by molar-refractivity contribution is 0.0706. The molecule has 142 valence electrons. The number of benzene rings is 1. The smallest absolute Gasteiger partial charge is 0.259 e. The quantitative estimate of drug-likeness (QED) is 0.550. The van der Waals surface area contributed by atoms with Gasteiger partial charge in [-0.15, -0.1) is 0 Å². The summed E-state index contributed by atoms with van der Waals surface area (Å²) in [5, 5.41) is 4.30. The number of fused-ring (bicyclic) bond motifs is 1. The van der Waals surface area contributed by atoms with Crippen LogP contribution in [-0.4, -0.2) is 43.2 Å². The summed E-state index contributed by atoms with van der Waals surface area (Å²) in [7, 11) is 1.85. The van der Waals surface area contributed by atoms with E-state index in [4.69, 9.17) is 4.42 Å². The molecule has 0 atom stereocenters. The minimum absolute atomic E-state index is 0.0211. The van der Waals surface area contributed by atoms with Gasteiger partial charge < -0.3 is 13.9 Å². The van der Waals surface area contributed by atoms with Crippen LogP contribution in [0.4, 0.5) is 0 Å². The Kier molecular flexibility index (Phi) is 4.00. The van der Waals surface area contributed by atoms with Gasteiger partial charge in [-0.25, -0.2) is 4.98 Å². The number of para-hydroxylation sites is 2. The van der Waals surface area contributed by atoms with Crippen molar-refractivity contribution in [3.63, 3.8) is 0 Å². The van der Waals surface area contributed by atoms with Crippen LogP contribution in [0.2, 0.25) is 0 Å². The zero-order valence-corrected chi connectivity index (χ0v) is 15.7. The fraction of sp³-hybridized carbons (Fsp3) is 0.286. The van der Waals surface area contributed by atoms with E-state index >= 15 is 0 Å². The molecular formula is C21H21N5O2. The minimum atomic E-state index is 0.0211. The Labute approximate surface area is 162 Å². The van der Waals surface area contributed by atoms with Gasteiger partial charge in [-0.3, -0.25) is 9.48 Å². The van der Waals surface area contributed by atoms with E-state index in [1.54, 1.807) is 10.9 Å². The maximum Gasteiger partial charge on any atom is 0.259 e. The molecule has 1 aromatic carbocycles. The molecular weight excluding hydrogens is 354 g/mol. The lowest BCUT2D eigenvalue weighted by Gasteiger charge is -2.30. The number of carbonyl (C=O) groups is 1. The average Bonchev–Trinajstić information content (AvgIpc) is 3.46. The molecule has 1 aliphatic rings. The van der Waals surface area contributed by atoms with Crippen molar-refractivity contribution in [2.75, 3.05) is 13.1 Å². The Morgan fingerprint density at radius 1 is 1.11 bits per heavy atom. The molecule has 0 radical (unpaired) electrons. The summed E-state index contributed by atoms with van der Waals surface area (Å²) < 4.78 is 9.58. The number of rotatable bonds is 3. The molecule has 0 unspecified atom stereocenters. The minimum Gasteiger partial charge on any atom is -0.440 e. The summed E-state index contributed by atoms with van der Waals surface area (Å²) in [5.74, 6) is 1.83. The van der Waals surface area contributed by atoms with Crippen LogP contribution < -0.4 is 0 Å². The summed E-state index contributed by atoms with van der Waals surface area (Å²) in [6.07, 6.45) is 7.19. The normalized spacial score (nSPS) is 15.4. The molecule has 0 N–H and O–H groups in total. The molecule has 7 heteroatoms. The van der Waals surface area contributed by atoms with E-state index in [2.05, 4.69) is 10.1 Å². The number of nitrogens with zero attached hydrogens (tertiary/aromatic N) is 5. The van der Waals surface area contributed by atoms with Gasteiger partial charge in [-0.05, 0) is 37.1 Å². The Hall–Kier alpha value is -3.35. The molecule has 1 amide bonds. The Bertz CT molecular complexity index is 1080. The first-order chi connectivity index (χ1) is 13.7. The first-order valence-corrected chi connectivity index (χ1v) is 9.51. The monoisotopic (exact) mass is 375 g/mol. The molecule has 0 spiro atoms. The molecule has 7 nitrogen and oxygen atoms in total. The topological polar surface area (TPSA) is 69.1 Å². The highest BCUT2D eigenvalue weighted by atomic mass is 16.3. The Morgan fingerprint density at radius 3 is 2.61 bits per heavy atom. The number of oxazole rings is 1. The highest BCUT2D eigenvalue weighted by Gasteiger charge is 2.29. The van der Waals surface area contributed by atoms with E-state index in [9.17, 15) is 4.79 Å². The van der Waals surface area contributed by atoms with Gasteiger partial charge in [-0.1, -0.05) is 12.1 Å². The number of hydrogen-bond acceptors (Lipinski definition) is 4. The summed E-state index contributed by atoms with van der Waals surface area (Å²) in [5.41, 5.74) is 2.34. The van der Waals surface area contributed by atoms with Gasteiger partial charge in [-0.2, -0.15) is 5.10 Å². The van der Waals surface area contributed by atoms with Crippen molar-refractivity contribution in [1.82, 2.24) is 24.2 Å². The number of carbonyl (C=O) groups excluding carboxylic acids is 1. The molecule has 4 heterocycles. The van der Waals surface area contributed by atoms with E-state index in [1.165, 1.54) is 0 Å². The molecule has 0 aliphatic carbocycles. The van der Waals surface area contributed by atoms with Crippen molar-refractivity contribution >= 4 is 17.0 Å². The molecule has 1 saturated heterocycles. The number of aryl methyl sites for hydroxylation is 1. The van der Waals surface area contributed by atoms with Crippen LogP contribution in [0.25, 0.3) is 16.9 Å². The fourth-order valence-electron chi connectivity index (χ4n) is 3.93. The predicted molar refractivity (Wildman–Crippen MR) is 104 cm³/mol. The molecule has 1 aliphatic heterocycles. The molecule has 1 fully saturated rings. The Balaban J connectivity index is 1.33. The standard InChI is InChI=1S/C21H21N5O2/c1-24-20(25-10-4-5-11-25)16(14-22-24)21(27)26-12-8-15(9-13-26)19-23-17-6-2-3-7-18(17)28-19/h2-7,10-11,14-15H,8-9,12-13H2,1H3. The maximum absolute atomic E-state index is 13.1. The third-order valence-electron chi connectivity index (χ3n) is 5.43. The number of piperidine rings is 1. The first kappa shape index (κ1) is 16.8. The highest BCUT2D eigenvalue weighted by Crippen LogP contribution is 2.30. The maximum atomic E-state index is 13.1. The zero-order chi connectivity index (χ0) is 19.1. The van der Waals surface area contributed by atoms with Crippen LogP contribution in [0, 0.1) is 0 Å². The molecule has 0 saturated carbocycles. The van der Waals surface area contributed by atoms with Gasteiger partial charge in [0.1, 0.15) is 16.9 Å². The molecule has 28 heavy (non-hydrogen) atoms. The van der Waals surface area contributed by atoms with Gasteiger partial charge in [0, 0.05) is 38.4 Å². The van der Waals surface area contributed by atoms with Crippen LogP contribution in [0.1, 0.15) is 35.0 Å². The van der Waals surface area contributed by atoms with Crippen LogP contribution in [-0.2, 0) is 7.05 Å². The predicted octanol–water partition coefficient (Wildman–Crippen LogP) is 3.37. The fourth-order valence-corrected chi connectivity index (χ4v) is 3.93. The third kappa shape index (κ3) is 2.79. The summed E-state index contributed by atoms with van der Waals surface area (Å²) in [6.45, 7) is 1.37. The van der Waals surface area contributed by atoms with Gasteiger partial charge >= 0.3 is 0 Å². The van der Waals surface area contributed by atoms with E-state index in [0.717, 1.165) is 35.6 Å². The average molecular weight is 375 g/mol.